The van der Waals surface area contributed by atoms with Gasteiger partial charge in [-0.1, -0.05) is 41.4 Å². The first-order valence-electron chi connectivity index (χ1n) is 10.2. The molecule has 2 aromatic heterocycles. The summed E-state index contributed by atoms with van der Waals surface area (Å²) in [6.07, 6.45) is 1.83. The molecule has 0 saturated carbocycles. The van der Waals surface area contributed by atoms with E-state index in [-0.39, 0.29) is 5.82 Å². The third-order valence-electron chi connectivity index (χ3n) is 5.14. The highest BCUT2D eigenvalue weighted by Gasteiger charge is 2.15. The molecule has 0 aliphatic heterocycles. The van der Waals surface area contributed by atoms with Crippen molar-refractivity contribution in [3.8, 4) is 0 Å². The van der Waals surface area contributed by atoms with Gasteiger partial charge in [0.15, 0.2) is 10.9 Å². The molecule has 0 amide bonds. The maximum absolute atomic E-state index is 13.1. The van der Waals surface area contributed by atoms with Gasteiger partial charge in [-0.3, -0.25) is 9.36 Å². The first-order chi connectivity index (χ1) is 16.2. The summed E-state index contributed by atoms with van der Waals surface area (Å²) in [5.74, 6) is 0.299. The van der Waals surface area contributed by atoms with E-state index in [9.17, 15) is 4.39 Å². The Morgan fingerprint density at radius 3 is 2.41 bits per heavy atom. The van der Waals surface area contributed by atoms with Crippen molar-refractivity contribution in [3.05, 3.63) is 91.5 Å². The molecule has 0 saturated heterocycles. The molecule has 0 aliphatic carbocycles. The molecular formula is C23H20BrCl2FN6S. The number of aryl methyl sites for hydroxylation is 1. The molecule has 0 spiro atoms. The Morgan fingerprint density at radius 2 is 1.71 bits per heavy atom. The number of nitrogens with one attached hydrogen (secondary N) is 2. The number of benzene rings is 2. The van der Waals surface area contributed by atoms with E-state index in [0.29, 0.717) is 34.1 Å². The fraction of sp³-hybridized carbons (Fsp3) is 0.174. The molecule has 2 heterocycles. The van der Waals surface area contributed by atoms with Gasteiger partial charge in [0.1, 0.15) is 5.82 Å². The third kappa shape index (κ3) is 5.78. The van der Waals surface area contributed by atoms with Crippen molar-refractivity contribution in [2.75, 3.05) is 10.6 Å². The summed E-state index contributed by atoms with van der Waals surface area (Å²) in [6.45, 7) is 4.93. The summed E-state index contributed by atoms with van der Waals surface area (Å²) in [4.78, 5) is 0. The second kappa shape index (κ2) is 10.4. The maximum atomic E-state index is 13.1. The number of anilines is 2. The first-order valence-corrected chi connectivity index (χ1v) is 12.2. The molecule has 0 radical (unpaired) electrons. The van der Waals surface area contributed by atoms with Crippen molar-refractivity contribution < 1.29 is 4.39 Å². The van der Waals surface area contributed by atoms with Gasteiger partial charge in [-0.05, 0) is 77.4 Å². The normalized spacial score (nSPS) is 11.0. The van der Waals surface area contributed by atoms with Crippen LogP contribution in [-0.4, -0.2) is 24.7 Å². The Hall–Kier alpha value is -2.46. The minimum absolute atomic E-state index is 0.268. The number of thiocarbonyl (C=S) groups is 1. The zero-order chi connectivity index (χ0) is 24.4. The topological polar surface area (TPSA) is 59.7 Å². The Morgan fingerprint density at radius 1 is 1.00 bits per heavy atom. The zero-order valence-corrected chi connectivity index (χ0v) is 22.2. The van der Waals surface area contributed by atoms with Gasteiger partial charge in [0.05, 0.1) is 44.7 Å². The Bertz CT molecular complexity index is 1350. The van der Waals surface area contributed by atoms with Crippen LogP contribution in [0.1, 0.15) is 22.5 Å². The van der Waals surface area contributed by atoms with Gasteiger partial charge in [-0.2, -0.15) is 10.2 Å². The summed E-state index contributed by atoms with van der Waals surface area (Å²) in [5, 5.41) is 16.9. The van der Waals surface area contributed by atoms with Gasteiger partial charge in [-0.25, -0.2) is 4.39 Å². The molecule has 0 fully saturated rings. The fourth-order valence-corrected chi connectivity index (χ4v) is 4.37. The van der Waals surface area contributed by atoms with Crippen molar-refractivity contribution in [2.45, 2.75) is 26.9 Å². The number of rotatable bonds is 6. The molecule has 176 valence electrons. The first kappa shape index (κ1) is 24.7. The van der Waals surface area contributed by atoms with E-state index in [0.717, 1.165) is 32.7 Å². The van der Waals surface area contributed by atoms with Crippen LogP contribution in [-0.2, 0) is 13.1 Å². The molecule has 4 rings (SSSR count). The lowest BCUT2D eigenvalue weighted by molar-refractivity contribution is 0.624. The van der Waals surface area contributed by atoms with Gasteiger partial charge < -0.3 is 10.6 Å². The van der Waals surface area contributed by atoms with E-state index in [1.165, 1.54) is 12.1 Å². The molecule has 0 bridgehead atoms. The van der Waals surface area contributed by atoms with Gasteiger partial charge in [0.25, 0.3) is 0 Å². The van der Waals surface area contributed by atoms with Gasteiger partial charge in [-0.15, -0.1) is 0 Å². The van der Waals surface area contributed by atoms with E-state index in [1.54, 1.807) is 22.9 Å². The highest BCUT2D eigenvalue weighted by Crippen LogP contribution is 2.26. The van der Waals surface area contributed by atoms with E-state index in [2.05, 4.69) is 36.8 Å². The van der Waals surface area contributed by atoms with Crippen LogP contribution in [0.4, 0.5) is 15.9 Å². The van der Waals surface area contributed by atoms with Crippen molar-refractivity contribution in [1.29, 1.82) is 0 Å². The molecule has 6 nitrogen and oxygen atoms in total. The average Bonchev–Trinajstić information content (AvgIpc) is 3.25. The highest BCUT2D eigenvalue weighted by atomic mass is 79.9. The van der Waals surface area contributed by atoms with E-state index >= 15 is 0 Å². The largest absolute Gasteiger partial charge is 0.329 e. The van der Waals surface area contributed by atoms with E-state index in [4.69, 9.17) is 35.4 Å². The minimum atomic E-state index is -0.268. The zero-order valence-electron chi connectivity index (χ0n) is 18.2. The number of hydrogen-bond acceptors (Lipinski definition) is 3. The van der Waals surface area contributed by atoms with Crippen LogP contribution in [0.2, 0.25) is 10.0 Å². The predicted molar refractivity (Wildman–Crippen MR) is 143 cm³/mol. The monoisotopic (exact) mass is 580 g/mol. The Balaban J connectivity index is 1.43. The number of nitrogens with zero attached hydrogens (tertiary/aromatic N) is 4. The summed E-state index contributed by atoms with van der Waals surface area (Å²) >= 11 is 21.2. The van der Waals surface area contributed by atoms with Crippen LogP contribution in [0.15, 0.2) is 53.1 Å². The van der Waals surface area contributed by atoms with Crippen LogP contribution in [0.25, 0.3) is 0 Å². The van der Waals surface area contributed by atoms with Crippen molar-refractivity contribution in [2.24, 2.45) is 0 Å². The van der Waals surface area contributed by atoms with E-state index in [1.807, 2.05) is 36.9 Å². The maximum Gasteiger partial charge on any atom is 0.176 e. The SMILES string of the molecule is Cc1nn(Cc2ccc(Cl)c(Cl)c2)c(C)c1NC(=S)Nc1nn(Cc2ccc(F)cc2)cc1Br. The van der Waals surface area contributed by atoms with Crippen molar-refractivity contribution in [3.63, 3.8) is 0 Å². The van der Waals surface area contributed by atoms with Crippen LogP contribution in [0.3, 0.4) is 0 Å². The molecule has 4 aromatic rings. The lowest BCUT2D eigenvalue weighted by atomic mass is 10.2. The average molecular weight is 582 g/mol. The van der Waals surface area contributed by atoms with Crippen LogP contribution in [0.5, 0.6) is 0 Å². The fourth-order valence-electron chi connectivity index (χ4n) is 3.43. The summed E-state index contributed by atoms with van der Waals surface area (Å²) in [5.41, 5.74) is 4.47. The number of aromatic nitrogens is 4. The van der Waals surface area contributed by atoms with Crippen LogP contribution in [0, 0.1) is 19.7 Å². The minimum Gasteiger partial charge on any atom is -0.329 e. The number of hydrogen-bond donors (Lipinski definition) is 2. The second-order valence-corrected chi connectivity index (χ2v) is 9.76. The van der Waals surface area contributed by atoms with Crippen molar-refractivity contribution in [1.82, 2.24) is 19.6 Å². The molecular weight excluding hydrogens is 562 g/mol. The van der Waals surface area contributed by atoms with Crippen molar-refractivity contribution >= 4 is 68.0 Å². The smallest absolute Gasteiger partial charge is 0.176 e. The molecule has 0 atom stereocenters. The highest BCUT2D eigenvalue weighted by molar-refractivity contribution is 9.10. The quantitative estimate of drug-likeness (QED) is 0.245. The van der Waals surface area contributed by atoms with Gasteiger partial charge >= 0.3 is 0 Å². The predicted octanol–water partition coefficient (Wildman–Crippen LogP) is 6.81. The summed E-state index contributed by atoms with van der Waals surface area (Å²) < 4.78 is 17.5. The number of halogens is 4. The Kier molecular flexibility index (Phi) is 7.57. The van der Waals surface area contributed by atoms with Crippen LogP contribution < -0.4 is 10.6 Å². The lowest BCUT2D eigenvalue weighted by Crippen LogP contribution is -2.20. The molecule has 2 N–H and O–H groups in total. The Labute approximate surface area is 220 Å². The lowest BCUT2D eigenvalue weighted by Gasteiger charge is -2.10. The second-order valence-electron chi connectivity index (χ2n) is 7.68. The summed E-state index contributed by atoms with van der Waals surface area (Å²) in [6, 6.07) is 11.8. The van der Waals surface area contributed by atoms with Crippen LogP contribution >= 0.6 is 51.3 Å². The third-order valence-corrected chi connectivity index (χ3v) is 6.67. The van der Waals surface area contributed by atoms with E-state index < -0.39 is 0 Å². The van der Waals surface area contributed by atoms with Gasteiger partial charge in [0.2, 0.25) is 0 Å². The molecule has 0 unspecified atom stereocenters. The molecule has 2 aromatic carbocycles. The molecule has 34 heavy (non-hydrogen) atoms. The molecule has 0 aliphatic rings. The van der Waals surface area contributed by atoms with Gasteiger partial charge in [0, 0.05) is 6.20 Å². The standard InChI is InChI=1S/C23H20BrCl2FN6S/c1-13-21(14(2)33(30-13)11-16-5-8-19(25)20(26)9-16)28-23(34)29-22-18(24)12-32(31-22)10-15-3-6-17(27)7-4-15/h3-9,12H,10-11H2,1-2H3,(H2,28,29,31,34). The molecule has 11 heteroatoms. The summed E-state index contributed by atoms with van der Waals surface area (Å²) in [7, 11) is 0.